The summed E-state index contributed by atoms with van der Waals surface area (Å²) < 4.78 is 53.8. The van der Waals surface area contributed by atoms with Crippen molar-refractivity contribution in [2.24, 2.45) is 5.92 Å². The van der Waals surface area contributed by atoms with E-state index in [0.717, 1.165) is 3.97 Å². The van der Waals surface area contributed by atoms with Crippen LogP contribution in [0.3, 0.4) is 0 Å². The Balaban J connectivity index is 0.000000169. The van der Waals surface area contributed by atoms with Gasteiger partial charge < -0.3 is 25.1 Å². The van der Waals surface area contributed by atoms with Crippen LogP contribution in [0.4, 0.5) is 11.4 Å². The fraction of sp³-hybridized carbons (Fsp3) is 0.158. The Kier molecular flexibility index (Phi) is 9.32. The third kappa shape index (κ3) is 6.41. The second-order valence-corrected chi connectivity index (χ2v) is 16.5. The summed E-state index contributed by atoms with van der Waals surface area (Å²) >= 11 is 0. The zero-order valence-electron chi connectivity index (χ0n) is 28.7. The lowest BCUT2D eigenvalue weighted by Gasteiger charge is -2.19. The number of hydrogen-bond acceptors (Lipinski definition) is 9. The van der Waals surface area contributed by atoms with Gasteiger partial charge in [0, 0.05) is 54.1 Å². The predicted octanol–water partition coefficient (Wildman–Crippen LogP) is 3.75. The highest BCUT2D eigenvalue weighted by Crippen LogP contribution is 2.33. The molecule has 0 aliphatic carbocycles. The monoisotopic (exact) mass is 784 g/mol. The van der Waals surface area contributed by atoms with E-state index in [0.29, 0.717) is 39.7 Å². The van der Waals surface area contributed by atoms with Gasteiger partial charge in [-0.15, -0.1) is 0 Å². The van der Waals surface area contributed by atoms with Crippen LogP contribution >= 0.6 is 0 Å². The second-order valence-electron chi connectivity index (χ2n) is 12.9. The van der Waals surface area contributed by atoms with E-state index < -0.39 is 55.3 Å². The van der Waals surface area contributed by atoms with Gasteiger partial charge in [0.2, 0.25) is 11.5 Å². The molecule has 0 saturated carbocycles. The van der Waals surface area contributed by atoms with Gasteiger partial charge in [-0.25, -0.2) is 29.6 Å². The van der Waals surface area contributed by atoms with E-state index in [9.17, 15) is 41.1 Å². The van der Waals surface area contributed by atoms with Gasteiger partial charge in [0.25, 0.3) is 26.0 Å². The molecule has 2 saturated heterocycles. The molecular weight excluding hydrogens is 753 g/mol. The van der Waals surface area contributed by atoms with E-state index in [1.165, 1.54) is 56.5 Å². The van der Waals surface area contributed by atoms with Crippen LogP contribution in [-0.4, -0.2) is 82.5 Å². The molecular formula is C38H32N4O11S2. The highest BCUT2D eigenvalue weighted by molar-refractivity contribution is 7.90. The highest BCUT2D eigenvalue weighted by Gasteiger charge is 2.52. The number of amides is 2. The minimum atomic E-state index is -3.78. The number of carboxylic acids is 2. The van der Waals surface area contributed by atoms with Gasteiger partial charge in [-0.05, 0) is 79.2 Å². The average Bonchev–Trinajstić information content (AvgIpc) is 3.97. The zero-order valence-corrected chi connectivity index (χ0v) is 30.3. The van der Waals surface area contributed by atoms with Crippen LogP contribution in [0.1, 0.15) is 12.8 Å². The van der Waals surface area contributed by atoms with Crippen molar-refractivity contribution in [3.63, 3.8) is 0 Å². The molecule has 2 aliphatic heterocycles. The first-order valence-electron chi connectivity index (χ1n) is 16.8. The number of carbonyl (C=O) groups is 4. The summed E-state index contributed by atoms with van der Waals surface area (Å²) in [4.78, 5) is 49.9. The number of anilines is 2. The Morgan fingerprint density at radius 2 is 1.11 bits per heavy atom. The van der Waals surface area contributed by atoms with Gasteiger partial charge in [0.05, 0.1) is 20.8 Å². The number of carboxylic acid groups (broad SMARTS) is 2. The number of hydrogen-bond donors (Lipinski definition) is 3. The molecule has 282 valence electrons. The van der Waals surface area contributed by atoms with Crippen molar-refractivity contribution in [1.29, 1.82) is 0 Å². The molecule has 2 unspecified atom stereocenters. The van der Waals surface area contributed by atoms with Gasteiger partial charge in [-0.3, -0.25) is 14.4 Å². The molecule has 15 nitrogen and oxygen atoms in total. The summed E-state index contributed by atoms with van der Waals surface area (Å²) in [5.74, 6) is -5.08. The normalized spacial score (nSPS) is 18.8. The minimum absolute atomic E-state index is 0.0517. The summed E-state index contributed by atoms with van der Waals surface area (Å²) in [6, 6.07) is 29.1. The van der Waals surface area contributed by atoms with Gasteiger partial charge in [-0.1, -0.05) is 36.4 Å². The molecule has 0 radical (unpaired) electrons. The Hall–Kier alpha value is -6.30. The first-order chi connectivity index (χ1) is 26.1. The van der Waals surface area contributed by atoms with E-state index in [1.54, 1.807) is 78.9 Å². The van der Waals surface area contributed by atoms with Crippen LogP contribution in [0.2, 0.25) is 0 Å². The lowest BCUT2D eigenvalue weighted by Crippen LogP contribution is -2.46. The van der Waals surface area contributed by atoms with Crippen LogP contribution in [0.5, 0.6) is 0 Å². The summed E-state index contributed by atoms with van der Waals surface area (Å²) in [7, 11) is -7.50. The van der Waals surface area contributed by atoms with Crippen molar-refractivity contribution in [3.05, 3.63) is 122 Å². The van der Waals surface area contributed by atoms with Gasteiger partial charge in [0.15, 0.2) is 0 Å². The van der Waals surface area contributed by atoms with E-state index in [4.69, 9.17) is 10.2 Å². The van der Waals surface area contributed by atoms with Gasteiger partial charge >= 0.3 is 11.9 Å². The zero-order chi connectivity index (χ0) is 39.3. The fourth-order valence-electron chi connectivity index (χ4n) is 6.69. The molecule has 2 atom stereocenters. The van der Waals surface area contributed by atoms with Crippen LogP contribution in [0, 0.1) is 5.92 Å². The molecule has 0 spiro atoms. The number of benzene rings is 4. The topological polar surface area (TPSA) is 214 Å². The van der Waals surface area contributed by atoms with Crippen molar-refractivity contribution >= 4 is 77.0 Å². The SMILES string of the molecule is O=C(O)C1(O)CCN(c2ccc3c(ccn3S(=O)(=O)c3ccccc3)c2)C1=O.O=C(O)C1CCN(c2ccc3c(ccn3S(=O)(=O)c3ccccc3)c2)C1=O. The summed E-state index contributed by atoms with van der Waals surface area (Å²) in [5, 5.41) is 29.5. The first kappa shape index (κ1) is 37.0. The Morgan fingerprint density at radius 3 is 1.53 bits per heavy atom. The lowest BCUT2D eigenvalue weighted by atomic mass is 10.0. The van der Waals surface area contributed by atoms with Gasteiger partial charge in [-0.2, -0.15) is 0 Å². The Labute approximate surface area is 314 Å². The Morgan fingerprint density at radius 1 is 0.636 bits per heavy atom. The molecule has 4 aromatic carbocycles. The van der Waals surface area contributed by atoms with E-state index in [-0.39, 0.29) is 29.2 Å². The molecule has 2 aromatic heterocycles. The molecule has 8 rings (SSSR count). The molecule has 2 fully saturated rings. The van der Waals surface area contributed by atoms with Gasteiger partial charge in [0.1, 0.15) is 5.92 Å². The highest BCUT2D eigenvalue weighted by atomic mass is 32.2. The average molecular weight is 785 g/mol. The summed E-state index contributed by atoms with van der Waals surface area (Å²) in [6.45, 7) is 0.375. The lowest BCUT2D eigenvalue weighted by molar-refractivity contribution is -0.162. The van der Waals surface area contributed by atoms with Crippen LogP contribution in [0.25, 0.3) is 21.8 Å². The number of nitrogens with zero attached hydrogens (tertiary/aromatic N) is 4. The molecule has 6 aromatic rings. The maximum absolute atomic E-state index is 12.9. The smallest absolute Gasteiger partial charge is 0.345 e. The second kappa shape index (κ2) is 13.8. The first-order valence-corrected chi connectivity index (χ1v) is 19.7. The number of aliphatic carboxylic acids is 2. The minimum Gasteiger partial charge on any atom is -0.481 e. The number of fused-ring (bicyclic) bond motifs is 2. The maximum atomic E-state index is 12.9. The molecule has 55 heavy (non-hydrogen) atoms. The molecule has 3 N–H and O–H groups in total. The third-order valence-corrected chi connectivity index (χ3v) is 13.1. The van der Waals surface area contributed by atoms with Crippen LogP contribution < -0.4 is 9.80 Å². The predicted molar refractivity (Wildman–Crippen MR) is 200 cm³/mol. The number of rotatable bonds is 8. The summed E-state index contributed by atoms with van der Waals surface area (Å²) in [5.41, 5.74) is -0.565. The molecule has 17 heteroatoms. The number of aromatic nitrogens is 2. The summed E-state index contributed by atoms with van der Waals surface area (Å²) in [6.07, 6.45) is 2.94. The molecule has 2 amide bonds. The number of aliphatic hydroxyl groups is 1. The van der Waals surface area contributed by atoms with Crippen molar-refractivity contribution in [2.45, 2.75) is 28.2 Å². The molecule has 4 heterocycles. The van der Waals surface area contributed by atoms with Crippen molar-refractivity contribution < 1.29 is 51.3 Å². The van der Waals surface area contributed by atoms with E-state index in [1.807, 2.05) is 0 Å². The standard InChI is InChI=1S/C19H16N2O6S.C19H16N2O5S/c22-17-19(25,18(23)24)9-11-20(17)14-6-7-16-13(12-14)8-10-21(16)28(26,27)15-4-2-1-3-5-15;22-18-16(19(23)24)9-10-20(18)14-6-7-17-13(12-14)8-11-21(17)27(25,26)15-4-2-1-3-5-15/h1-8,10,12,25H,9,11H2,(H,23,24);1-8,11-12,16H,9-10H2,(H,23,24). The van der Waals surface area contributed by atoms with E-state index in [2.05, 4.69) is 0 Å². The fourth-order valence-corrected chi connectivity index (χ4v) is 9.44. The van der Waals surface area contributed by atoms with Crippen molar-refractivity contribution in [3.8, 4) is 0 Å². The van der Waals surface area contributed by atoms with Crippen LogP contribution in [0.15, 0.2) is 131 Å². The quantitative estimate of drug-likeness (QED) is 0.189. The third-order valence-electron chi connectivity index (χ3n) is 9.65. The molecule has 0 bridgehead atoms. The number of carbonyl (C=O) groups excluding carboxylic acids is 2. The van der Waals surface area contributed by atoms with Crippen molar-refractivity contribution in [1.82, 2.24) is 7.94 Å². The molecule has 2 aliphatic rings. The largest absolute Gasteiger partial charge is 0.481 e. The van der Waals surface area contributed by atoms with Crippen molar-refractivity contribution in [2.75, 3.05) is 22.9 Å². The maximum Gasteiger partial charge on any atom is 0.345 e. The van der Waals surface area contributed by atoms with Crippen LogP contribution in [-0.2, 0) is 39.2 Å². The van der Waals surface area contributed by atoms with E-state index >= 15 is 0 Å². The Bertz CT molecular complexity index is 2730.